The lowest BCUT2D eigenvalue weighted by molar-refractivity contribution is -0.125. The second-order valence-electron chi connectivity index (χ2n) is 6.01. The molecule has 1 N–H and O–H groups in total. The van der Waals surface area contributed by atoms with Crippen molar-refractivity contribution in [1.82, 2.24) is 15.5 Å². The molecule has 1 aromatic heterocycles. The number of fused-ring (bicyclic) bond motifs is 1. The number of nitrogens with one attached hydrogen (secondary N) is 1. The van der Waals surface area contributed by atoms with Gasteiger partial charge in [0.15, 0.2) is 5.76 Å². The van der Waals surface area contributed by atoms with E-state index in [9.17, 15) is 9.59 Å². The van der Waals surface area contributed by atoms with Gasteiger partial charge in [-0.3, -0.25) is 9.59 Å². The quantitative estimate of drug-likeness (QED) is 0.890. The van der Waals surface area contributed by atoms with E-state index in [-0.39, 0.29) is 18.2 Å². The number of aromatic nitrogens is 1. The molecule has 7 nitrogen and oxygen atoms in total. The average Bonchev–Trinajstić information content (AvgIpc) is 3.05. The van der Waals surface area contributed by atoms with Gasteiger partial charge in [-0.2, -0.15) is 5.10 Å². The van der Waals surface area contributed by atoms with Gasteiger partial charge in [0.1, 0.15) is 5.71 Å². The van der Waals surface area contributed by atoms with Crippen LogP contribution >= 0.6 is 11.6 Å². The van der Waals surface area contributed by atoms with E-state index in [0.29, 0.717) is 42.4 Å². The van der Waals surface area contributed by atoms with Crippen LogP contribution in [0.25, 0.3) is 11.3 Å². The first-order valence-electron chi connectivity index (χ1n) is 8.00. The van der Waals surface area contributed by atoms with Crippen LogP contribution in [0.4, 0.5) is 0 Å². The number of nitrogens with zero attached hydrogens (tertiary/aromatic N) is 3. The lowest BCUT2D eigenvalue weighted by Gasteiger charge is -2.27. The van der Waals surface area contributed by atoms with Crippen molar-refractivity contribution in [2.24, 2.45) is 5.10 Å². The molecule has 8 heteroatoms. The van der Waals surface area contributed by atoms with Gasteiger partial charge < -0.3 is 9.42 Å². The minimum absolute atomic E-state index is 0.158. The largest absolute Gasteiger partial charge is 0.356 e. The van der Waals surface area contributed by atoms with Crippen LogP contribution in [-0.4, -0.2) is 34.1 Å². The Labute approximate surface area is 148 Å². The van der Waals surface area contributed by atoms with E-state index in [1.54, 1.807) is 17.0 Å². The zero-order valence-corrected chi connectivity index (χ0v) is 14.0. The topological polar surface area (TPSA) is 87.8 Å². The highest BCUT2D eigenvalue weighted by Crippen LogP contribution is 2.31. The first-order valence-corrected chi connectivity index (χ1v) is 8.37. The maximum atomic E-state index is 12.7. The lowest BCUT2D eigenvalue weighted by atomic mass is 10.0. The molecule has 4 rings (SSSR count). The molecule has 2 aromatic rings. The van der Waals surface area contributed by atoms with Gasteiger partial charge in [-0.25, -0.2) is 5.43 Å². The maximum absolute atomic E-state index is 12.7. The third-order valence-corrected chi connectivity index (χ3v) is 4.63. The average molecular weight is 359 g/mol. The Kier molecular flexibility index (Phi) is 4.01. The van der Waals surface area contributed by atoms with Crippen LogP contribution in [0.2, 0.25) is 5.02 Å². The van der Waals surface area contributed by atoms with Gasteiger partial charge in [-0.15, -0.1) is 0 Å². The molecule has 0 bridgehead atoms. The van der Waals surface area contributed by atoms with Gasteiger partial charge in [0.05, 0.1) is 12.2 Å². The van der Waals surface area contributed by atoms with E-state index in [4.69, 9.17) is 16.1 Å². The number of hydrogen-bond donors (Lipinski definition) is 1. The number of carbonyl (C=O) groups excluding carboxylic acids is 2. The molecule has 1 aromatic carbocycles. The highest BCUT2D eigenvalue weighted by Gasteiger charge is 2.30. The van der Waals surface area contributed by atoms with E-state index in [0.717, 1.165) is 16.8 Å². The molecular formula is C17H15ClN4O3. The standard InChI is InChI=1S/C17H15ClN4O3/c18-11-3-1-10(2-4-11)16-12-9-22(8-7-13(12)21-25-16)17(24)14-5-6-15(23)20-19-14/h1-4H,5-9H2,(H,20,23). The van der Waals surface area contributed by atoms with Crippen LogP contribution in [0, 0.1) is 0 Å². The number of amides is 2. The van der Waals surface area contributed by atoms with Crippen LogP contribution in [0.1, 0.15) is 24.1 Å². The zero-order chi connectivity index (χ0) is 17.4. The first kappa shape index (κ1) is 15.8. The SMILES string of the molecule is O=C1CCC(C(=O)N2CCc3noc(-c4ccc(Cl)cc4)c3C2)=NN1. The third-order valence-electron chi connectivity index (χ3n) is 4.38. The van der Waals surface area contributed by atoms with Crippen LogP contribution in [0.5, 0.6) is 0 Å². The van der Waals surface area contributed by atoms with E-state index in [2.05, 4.69) is 15.7 Å². The van der Waals surface area contributed by atoms with Crippen molar-refractivity contribution in [3.05, 3.63) is 40.5 Å². The highest BCUT2D eigenvalue weighted by atomic mass is 35.5. The molecule has 0 atom stereocenters. The molecule has 0 fully saturated rings. The molecule has 2 aliphatic heterocycles. The third kappa shape index (κ3) is 3.02. The van der Waals surface area contributed by atoms with Gasteiger partial charge in [0.25, 0.3) is 5.91 Å². The summed E-state index contributed by atoms with van der Waals surface area (Å²) in [5.41, 5.74) is 5.39. The Morgan fingerprint density at radius 1 is 1.20 bits per heavy atom. The van der Waals surface area contributed by atoms with Gasteiger partial charge >= 0.3 is 0 Å². The summed E-state index contributed by atoms with van der Waals surface area (Å²) in [6.07, 6.45) is 1.27. The molecule has 2 amide bonds. The summed E-state index contributed by atoms with van der Waals surface area (Å²) in [4.78, 5) is 25.6. The van der Waals surface area contributed by atoms with Gasteiger partial charge in [0.2, 0.25) is 5.91 Å². The van der Waals surface area contributed by atoms with E-state index in [1.807, 2.05) is 12.1 Å². The molecule has 3 heterocycles. The second-order valence-corrected chi connectivity index (χ2v) is 6.45. The van der Waals surface area contributed by atoms with Crippen LogP contribution < -0.4 is 5.43 Å². The Bertz CT molecular complexity index is 873. The molecule has 0 radical (unpaired) electrons. The number of hydrogen-bond acceptors (Lipinski definition) is 5. The summed E-state index contributed by atoms with van der Waals surface area (Å²) in [5.74, 6) is 0.332. The molecule has 0 spiro atoms. The van der Waals surface area contributed by atoms with Crippen molar-refractivity contribution >= 4 is 29.1 Å². The summed E-state index contributed by atoms with van der Waals surface area (Å²) < 4.78 is 5.51. The van der Waals surface area contributed by atoms with Crippen molar-refractivity contribution in [3.8, 4) is 11.3 Å². The van der Waals surface area contributed by atoms with Crippen molar-refractivity contribution in [3.63, 3.8) is 0 Å². The lowest BCUT2D eigenvalue weighted by Crippen LogP contribution is -2.42. The summed E-state index contributed by atoms with van der Waals surface area (Å²) in [5, 5.41) is 8.67. The molecule has 0 aliphatic carbocycles. The van der Waals surface area contributed by atoms with E-state index in [1.165, 1.54) is 0 Å². The predicted octanol–water partition coefficient (Wildman–Crippen LogP) is 2.15. The van der Waals surface area contributed by atoms with Crippen LogP contribution in [0.15, 0.2) is 33.9 Å². The second kappa shape index (κ2) is 6.33. The van der Waals surface area contributed by atoms with Gasteiger partial charge in [0, 0.05) is 42.0 Å². The van der Waals surface area contributed by atoms with Crippen molar-refractivity contribution in [2.75, 3.05) is 6.54 Å². The molecule has 2 aliphatic rings. The molecular weight excluding hydrogens is 344 g/mol. The van der Waals surface area contributed by atoms with Crippen LogP contribution in [0.3, 0.4) is 0 Å². The number of benzene rings is 1. The number of halogens is 1. The molecule has 25 heavy (non-hydrogen) atoms. The fourth-order valence-electron chi connectivity index (χ4n) is 3.02. The van der Waals surface area contributed by atoms with Crippen molar-refractivity contribution < 1.29 is 14.1 Å². The Morgan fingerprint density at radius 3 is 2.72 bits per heavy atom. The predicted molar refractivity (Wildman–Crippen MR) is 90.9 cm³/mol. The zero-order valence-electron chi connectivity index (χ0n) is 13.3. The normalized spacial score (nSPS) is 16.9. The van der Waals surface area contributed by atoms with E-state index < -0.39 is 0 Å². The minimum atomic E-state index is -0.165. The Hall–Kier alpha value is -2.67. The summed E-state index contributed by atoms with van der Waals surface area (Å²) in [6, 6.07) is 7.31. The van der Waals surface area contributed by atoms with Crippen molar-refractivity contribution in [1.29, 1.82) is 0 Å². The minimum Gasteiger partial charge on any atom is -0.356 e. The highest BCUT2D eigenvalue weighted by molar-refractivity contribution is 6.39. The summed E-state index contributed by atoms with van der Waals surface area (Å²) >= 11 is 5.94. The Morgan fingerprint density at radius 2 is 2.00 bits per heavy atom. The fourth-order valence-corrected chi connectivity index (χ4v) is 3.15. The summed E-state index contributed by atoms with van der Waals surface area (Å²) in [6.45, 7) is 0.952. The maximum Gasteiger partial charge on any atom is 0.270 e. The number of hydrazone groups is 1. The first-order chi connectivity index (χ1) is 12.1. The van der Waals surface area contributed by atoms with Gasteiger partial charge in [-0.05, 0) is 24.3 Å². The van der Waals surface area contributed by atoms with E-state index >= 15 is 0 Å². The van der Waals surface area contributed by atoms with Crippen molar-refractivity contribution in [2.45, 2.75) is 25.8 Å². The monoisotopic (exact) mass is 358 g/mol. The Balaban J connectivity index is 1.58. The molecule has 0 saturated carbocycles. The summed E-state index contributed by atoms with van der Waals surface area (Å²) in [7, 11) is 0. The molecule has 128 valence electrons. The van der Waals surface area contributed by atoms with Gasteiger partial charge in [-0.1, -0.05) is 16.8 Å². The number of carbonyl (C=O) groups is 2. The molecule has 0 saturated heterocycles. The number of rotatable bonds is 2. The fraction of sp³-hybridized carbons (Fsp3) is 0.294. The molecule has 0 unspecified atom stereocenters. The van der Waals surface area contributed by atoms with Crippen LogP contribution in [-0.2, 0) is 22.6 Å². The smallest absolute Gasteiger partial charge is 0.270 e.